The zero-order chi connectivity index (χ0) is 20.4. The third-order valence-corrected chi connectivity index (χ3v) is 6.05. The number of carbonyl (C=O) groups excluding carboxylic acids is 1. The van der Waals surface area contributed by atoms with E-state index >= 15 is 0 Å². The summed E-state index contributed by atoms with van der Waals surface area (Å²) >= 11 is 1.56. The van der Waals surface area contributed by atoms with Crippen molar-refractivity contribution >= 4 is 34.4 Å². The molecule has 1 amide bonds. The number of para-hydroxylation sites is 2. The van der Waals surface area contributed by atoms with Crippen molar-refractivity contribution < 1.29 is 18.0 Å². The number of amides is 1. The highest BCUT2D eigenvalue weighted by molar-refractivity contribution is 7.10. The van der Waals surface area contributed by atoms with Gasteiger partial charge in [0, 0.05) is 30.6 Å². The third-order valence-electron chi connectivity index (χ3n) is 5.21. The first-order valence-electron chi connectivity index (χ1n) is 9.45. The van der Waals surface area contributed by atoms with E-state index in [0.29, 0.717) is 37.0 Å². The van der Waals surface area contributed by atoms with Crippen LogP contribution in [0.3, 0.4) is 0 Å². The van der Waals surface area contributed by atoms with Gasteiger partial charge in [0.1, 0.15) is 0 Å². The zero-order valence-electron chi connectivity index (χ0n) is 15.6. The molecule has 1 saturated heterocycles. The smallest absolute Gasteiger partial charge is 0.339 e. The lowest BCUT2D eigenvalue weighted by Gasteiger charge is -2.32. The predicted molar refractivity (Wildman–Crippen MR) is 107 cm³/mol. The average molecular weight is 419 g/mol. The number of piperidine rings is 1. The monoisotopic (exact) mass is 419 g/mol. The summed E-state index contributed by atoms with van der Waals surface area (Å²) < 4.78 is 41.7. The SMILES string of the molecule is O=C(/C=C/c1cccs1)N1CCC(Cn2c(C(F)(F)F)nc3ccccc32)CC1. The molecule has 8 heteroatoms. The molecular formula is C21H20F3N3OS. The molecule has 0 bridgehead atoms. The van der Waals surface area contributed by atoms with Crippen LogP contribution in [0.25, 0.3) is 17.1 Å². The number of benzene rings is 1. The summed E-state index contributed by atoms with van der Waals surface area (Å²) in [5.41, 5.74) is 0.850. The topological polar surface area (TPSA) is 38.1 Å². The number of aromatic nitrogens is 2. The number of nitrogens with zero attached hydrogens (tertiary/aromatic N) is 3. The number of hydrogen-bond donors (Lipinski definition) is 0. The summed E-state index contributed by atoms with van der Waals surface area (Å²) in [6, 6.07) is 10.5. The van der Waals surface area contributed by atoms with Gasteiger partial charge < -0.3 is 9.47 Å². The fraction of sp³-hybridized carbons (Fsp3) is 0.333. The van der Waals surface area contributed by atoms with Gasteiger partial charge in [-0.05, 0) is 48.4 Å². The summed E-state index contributed by atoms with van der Waals surface area (Å²) in [5, 5.41) is 1.95. The van der Waals surface area contributed by atoms with Crippen molar-refractivity contribution in [1.82, 2.24) is 14.5 Å². The molecule has 0 aliphatic carbocycles. The van der Waals surface area contributed by atoms with Crippen molar-refractivity contribution in [2.24, 2.45) is 5.92 Å². The average Bonchev–Trinajstić information content (AvgIpc) is 3.35. The van der Waals surface area contributed by atoms with Crippen molar-refractivity contribution in [2.45, 2.75) is 25.6 Å². The summed E-state index contributed by atoms with van der Waals surface area (Å²) in [6.45, 7) is 1.35. The second-order valence-electron chi connectivity index (χ2n) is 7.15. The highest BCUT2D eigenvalue weighted by Gasteiger charge is 2.38. The quantitative estimate of drug-likeness (QED) is 0.554. The molecule has 4 rings (SSSR count). The number of fused-ring (bicyclic) bond motifs is 1. The van der Waals surface area contributed by atoms with E-state index in [1.54, 1.807) is 52.7 Å². The minimum Gasteiger partial charge on any atom is -0.339 e. The van der Waals surface area contributed by atoms with Gasteiger partial charge in [-0.3, -0.25) is 4.79 Å². The summed E-state index contributed by atoms with van der Waals surface area (Å²) in [7, 11) is 0. The first kappa shape index (κ1) is 19.7. The van der Waals surface area contributed by atoms with Crippen LogP contribution in [0, 0.1) is 5.92 Å². The van der Waals surface area contributed by atoms with Gasteiger partial charge >= 0.3 is 6.18 Å². The van der Waals surface area contributed by atoms with Gasteiger partial charge in [0.05, 0.1) is 11.0 Å². The van der Waals surface area contributed by atoms with Crippen molar-refractivity contribution in [3.63, 3.8) is 0 Å². The van der Waals surface area contributed by atoms with Crippen LogP contribution >= 0.6 is 11.3 Å². The molecule has 4 nitrogen and oxygen atoms in total. The molecule has 3 heterocycles. The maximum atomic E-state index is 13.5. The lowest BCUT2D eigenvalue weighted by molar-refractivity contribution is -0.147. The Labute approximate surface area is 170 Å². The van der Waals surface area contributed by atoms with Crippen molar-refractivity contribution in [2.75, 3.05) is 13.1 Å². The van der Waals surface area contributed by atoms with Crippen LogP contribution in [-0.2, 0) is 17.5 Å². The number of alkyl halides is 3. The van der Waals surface area contributed by atoms with Crippen LogP contribution in [0.2, 0.25) is 0 Å². The maximum absolute atomic E-state index is 13.5. The Morgan fingerprint density at radius 3 is 2.62 bits per heavy atom. The Bertz CT molecular complexity index is 1020. The van der Waals surface area contributed by atoms with E-state index in [-0.39, 0.29) is 18.4 Å². The molecular weight excluding hydrogens is 399 g/mol. The number of carbonyl (C=O) groups is 1. The van der Waals surface area contributed by atoms with Gasteiger partial charge in [-0.25, -0.2) is 4.98 Å². The first-order chi connectivity index (χ1) is 13.9. The molecule has 3 aromatic rings. The zero-order valence-corrected chi connectivity index (χ0v) is 16.4. The number of hydrogen-bond acceptors (Lipinski definition) is 3. The molecule has 2 aromatic heterocycles. The predicted octanol–water partition coefficient (Wildman–Crippen LogP) is 5.07. The Morgan fingerprint density at radius 2 is 1.93 bits per heavy atom. The Balaban J connectivity index is 1.43. The van der Waals surface area contributed by atoms with Crippen LogP contribution in [0.5, 0.6) is 0 Å². The number of halogens is 3. The molecule has 0 spiro atoms. The Kier molecular flexibility index (Phi) is 5.45. The molecule has 1 fully saturated rings. The molecule has 29 heavy (non-hydrogen) atoms. The van der Waals surface area contributed by atoms with E-state index in [9.17, 15) is 18.0 Å². The molecule has 1 aliphatic rings. The summed E-state index contributed by atoms with van der Waals surface area (Å²) in [4.78, 5) is 18.9. The molecule has 0 unspecified atom stereocenters. The number of imidazole rings is 1. The van der Waals surface area contributed by atoms with Crippen LogP contribution in [0.1, 0.15) is 23.5 Å². The van der Waals surface area contributed by atoms with E-state index in [2.05, 4.69) is 4.98 Å². The second-order valence-corrected chi connectivity index (χ2v) is 8.13. The van der Waals surface area contributed by atoms with Crippen molar-refractivity contribution in [3.8, 4) is 0 Å². The highest BCUT2D eigenvalue weighted by Crippen LogP contribution is 2.33. The van der Waals surface area contributed by atoms with Gasteiger partial charge in [-0.2, -0.15) is 13.2 Å². The van der Waals surface area contributed by atoms with E-state index in [1.165, 1.54) is 4.57 Å². The van der Waals surface area contributed by atoms with Crippen LogP contribution in [0.15, 0.2) is 47.9 Å². The van der Waals surface area contributed by atoms with Gasteiger partial charge in [-0.15, -0.1) is 11.3 Å². The fourth-order valence-corrected chi connectivity index (χ4v) is 4.33. The number of rotatable bonds is 4. The lowest BCUT2D eigenvalue weighted by atomic mass is 9.96. The largest absolute Gasteiger partial charge is 0.449 e. The van der Waals surface area contributed by atoms with E-state index in [0.717, 1.165) is 4.88 Å². The standard InChI is InChI=1S/C21H20F3N3OS/c22-21(23,24)20-25-17-5-1-2-6-18(17)27(20)14-15-9-11-26(12-10-15)19(28)8-7-16-4-3-13-29-16/h1-8,13,15H,9-12,14H2/b8-7+. The molecule has 152 valence electrons. The molecule has 0 radical (unpaired) electrons. The van der Waals surface area contributed by atoms with Crippen molar-refractivity contribution in [1.29, 1.82) is 0 Å². The van der Waals surface area contributed by atoms with E-state index < -0.39 is 12.0 Å². The van der Waals surface area contributed by atoms with E-state index in [4.69, 9.17) is 0 Å². The summed E-state index contributed by atoms with van der Waals surface area (Å²) in [5.74, 6) is -0.837. The number of likely N-dealkylation sites (tertiary alicyclic amines) is 1. The fourth-order valence-electron chi connectivity index (χ4n) is 3.72. The second kappa shape index (κ2) is 8.02. The maximum Gasteiger partial charge on any atom is 0.449 e. The Morgan fingerprint density at radius 1 is 1.17 bits per heavy atom. The van der Waals surface area contributed by atoms with Crippen molar-refractivity contribution in [3.05, 3.63) is 58.6 Å². The van der Waals surface area contributed by atoms with Gasteiger partial charge in [-0.1, -0.05) is 18.2 Å². The molecule has 0 saturated carbocycles. The normalized spacial score (nSPS) is 16.2. The minimum atomic E-state index is -4.50. The van der Waals surface area contributed by atoms with E-state index in [1.807, 2.05) is 17.5 Å². The molecule has 1 aromatic carbocycles. The minimum absolute atomic E-state index is 0.0547. The van der Waals surface area contributed by atoms with Gasteiger partial charge in [0.2, 0.25) is 11.7 Å². The summed E-state index contributed by atoms with van der Waals surface area (Å²) in [6.07, 6.45) is 0.205. The highest BCUT2D eigenvalue weighted by atomic mass is 32.1. The number of thiophene rings is 1. The Hall–Kier alpha value is -2.61. The van der Waals surface area contributed by atoms with Gasteiger partial charge in [0.25, 0.3) is 0 Å². The van der Waals surface area contributed by atoms with Gasteiger partial charge in [0.15, 0.2) is 0 Å². The lowest BCUT2D eigenvalue weighted by Crippen LogP contribution is -2.38. The molecule has 0 N–H and O–H groups in total. The van der Waals surface area contributed by atoms with Crippen LogP contribution in [0.4, 0.5) is 13.2 Å². The molecule has 1 aliphatic heterocycles. The van der Waals surface area contributed by atoms with Crippen LogP contribution in [-0.4, -0.2) is 33.4 Å². The molecule has 0 atom stereocenters. The first-order valence-corrected chi connectivity index (χ1v) is 10.3. The van der Waals surface area contributed by atoms with Crippen LogP contribution < -0.4 is 0 Å². The third kappa shape index (κ3) is 4.37.